The van der Waals surface area contributed by atoms with E-state index in [9.17, 15) is 81.1 Å². The van der Waals surface area contributed by atoms with Crippen LogP contribution in [-0.4, -0.2) is 249 Å². The van der Waals surface area contributed by atoms with E-state index in [2.05, 4.69) is 15.5 Å². The number of ether oxygens (including phenoxy) is 5. The molecule has 16 N–H and O–H groups in total. The second kappa shape index (κ2) is 34.8. The summed E-state index contributed by atoms with van der Waals surface area (Å²) in [5.41, 5.74) is 0. The molecule has 24 nitrogen and oxygen atoms in total. The van der Waals surface area contributed by atoms with Gasteiger partial charge in [-0.3, -0.25) is 9.59 Å². The molecule has 84 heavy (non-hydrogen) atoms. The van der Waals surface area contributed by atoms with Crippen molar-refractivity contribution in [3.8, 4) is 0 Å². The Bertz CT molecular complexity index is 2190. The van der Waals surface area contributed by atoms with Gasteiger partial charge in [0.15, 0.2) is 12.1 Å². The molecule has 478 valence electrons. The minimum Gasteiger partial charge on any atom is -0.462 e. The van der Waals surface area contributed by atoms with E-state index in [-0.39, 0.29) is 38.1 Å². The molecule has 4 saturated heterocycles. The molecule has 24 heteroatoms. The topological polar surface area (TPSA) is 391 Å². The van der Waals surface area contributed by atoms with Crippen molar-refractivity contribution in [2.75, 3.05) is 39.3 Å². The number of esters is 1. The summed E-state index contributed by atoms with van der Waals surface area (Å²) in [5.74, 6) is -8.30. The van der Waals surface area contributed by atoms with Gasteiger partial charge in [-0.25, -0.2) is 0 Å². The zero-order chi connectivity index (χ0) is 61.7. The van der Waals surface area contributed by atoms with E-state index in [0.29, 0.717) is 6.54 Å². The number of allylic oxidation sites excluding steroid dienone is 12. The highest BCUT2D eigenvalue weighted by molar-refractivity contribution is 5.80. The van der Waals surface area contributed by atoms with Crippen molar-refractivity contribution < 1.29 is 105 Å². The molecular weight excluding hydrogens is 1100 g/mol. The fourth-order valence-corrected chi connectivity index (χ4v) is 11.1. The second-order valence-corrected chi connectivity index (χ2v) is 23.4. The molecule has 5 rings (SSSR count). The minimum atomic E-state index is -2.46. The van der Waals surface area contributed by atoms with Crippen molar-refractivity contribution in [1.82, 2.24) is 15.5 Å². The standard InChI is InChI=1S/C60H97N3O21/c1-36-20-16-13-11-9-7-5-6-8-10-12-14-17-21-43(83-58-55(75)51(53(73)39(4)82-58)62-35-60(79)56(76)54(74)47(70)34-80-60)31-48-50(57(77)61-24-27-63-25-18-15-19-26-63)46(69)33-59(78,84-48)32-42(66)29-45(68)44(67)23-22-40(64)28-41(65)30-49(71)81-38(3)37(2)52(36)72/h5-14,16-17,20-21,36-48,50-56,58,62,64-70,72-76,78-79H,15,18-19,22-35H2,1-4H3,(H,61,77)/b6-5+,9-7+,10-8+,13-11+,14-12+,20-16+,21-17+/t36-,37?,38-,39+,40+,41+,42-,43-,44+,45+,46-,47+,48?,50?,51-,52+,53+,54-,55-,56-,58-,59+,60+/m0/s1. The first kappa shape index (κ1) is 71.1. The Labute approximate surface area is 492 Å². The lowest BCUT2D eigenvalue weighted by molar-refractivity contribution is -0.323. The van der Waals surface area contributed by atoms with E-state index in [0.717, 1.165) is 32.4 Å². The number of aliphatic hydroxyl groups excluding tert-OH is 12. The molecule has 3 unspecified atom stereocenters. The number of carbonyl (C=O) groups excluding carboxylic acids is 2. The maximum Gasteiger partial charge on any atom is 0.308 e. The molecular formula is C60H97N3O21. The normalized spacial score (nSPS) is 44.7. The van der Waals surface area contributed by atoms with Crippen LogP contribution in [0.4, 0.5) is 0 Å². The second-order valence-electron chi connectivity index (χ2n) is 23.4. The minimum absolute atomic E-state index is 0.126. The first-order valence-corrected chi connectivity index (χ1v) is 29.7. The van der Waals surface area contributed by atoms with Gasteiger partial charge >= 0.3 is 5.97 Å². The highest BCUT2D eigenvalue weighted by Crippen LogP contribution is 2.39. The van der Waals surface area contributed by atoms with Crippen LogP contribution in [0.25, 0.3) is 0 Å². The van der Waals surface area contributed by atoms with Crippen LogP contribution in [0.5, 0.6) is 0 Å². The van der Waals surface area contributed by atoms with Crippen LogP contribution in [0.3, 0.4) is 0 Å². The third kappa shape index (κ3) is 22.2. The molecule has 0 saturated carbocycles. The van der Waals surface area contributed by atoms with Gasteiger partial charge in [0.2, 0.25) is 11.7 Å². The number of piperidine rings is 1. The largest absolute Gasteiger partial charge is 0.462 e. The molecule has 0 radical (unpaired) electrons. The first-order chi connectivity index (χ1) is 39.8. The fraction of sp³-hybridized carbons (Fsp3) is 0.733. The van der Waals surface area contributed by atoms with Gasteiger partial charge in [-0.15, -0.1) is 0 Å². The van der Waals surface area contributed by atoms with Gasteiger partial charge in [0, 0.05) is 50.6 Å². The van der Waals surface area contributed by atoms with Crippen molar-refractivity contribution >= 4 is 11.9 Å². The molecule has 4 fully saturated rings. The summed E-state index contributed by atoms with van der Waals surface area (Å²) in [6.45, 7) is 7.98. The summed E-state index contributed by atoms with van der Waals surface area (Å²) in [7, 11) is 0. The molecule has 23 atom stereocenters. The van der Waals surface area contributed by atoms with Crippen LogP contribution in [0.15, 0.2) is 85.1 Å². The zero-order valence-corrected chi connectivity index (χ0v) is 48.8. The monoisotopic (exact) mass is 1200 g/mol. The maximum absolute atomic E-state index is 14.2. The Balaban J connectivity index is 1.42. The number of amides is 1. The van der Waals surface area contributed by atoms with Gasteiger partial charge in [-0.1, -0.05) is 105 Å². The Kier molecular flexibility index (Phi) is 29.4. The summed E-state index contributed by atoms with van der Waals surface area (Å²) in [4.78, 5) is 29.2. The smallest absolute Gasteiger partial charge is 0.308 e. The maximum atomic E-state index is 14.2. The first-order valence-electron chi connectivity index (χ1n) is 29.7. The van der Waals surface area contributed by atoms with E-state index < -0.39 is 184 Å². The molecule has 5 aliphatic rings. The lowest BCUT2D eigenvalue weighted by atomic mass is 9.82. The SMILES string of the molecule is CC1[C@H](C)OC(=O)C[C@H](O)C[C@H](O)CC[C@@H](O)[C@H](O)C[C@H](O)C[C@]2(O)C[C@H](O)C(C(=O)NCCN3CCCCC3)C(C[C@@H](O[C@@H]3O[C@H](C)[C@@H](O)[C@H](NC[C@@]4(O)OC[C@@H](O)[C@H](O)[C@@H]4O)[C@@H]3O)/C=C/C=C/C=C/C=C/C=C/C=C/C=C/[C@H](C)[C@H]1O)O2. The van der Waals surface area contributed by atoms with Crippen molar-refractivity contribution in [2.24, 2.45) is 17.8 Å². The van der Waals surface area contributed by atoms with E-state index in [4.69, 9.17) is 23.7 Å². The average Bonchev–Trinajstić information content (AvgIpc) is 1.75. The third-order valence-electron chi connectivity index (χ3n) is 16.4. The van der Waals surface area contributed by atoms with Crippen LogP contribution < -0.4 is 10.6 Å². The summed E-state index contributed by atoms with van der Waals surface area (Å²) in [6.07, 6.45) is 0.371. The number of nitrogens with one attached hydrogen (secondary N) is 2. The molecule has 0 spiro atoms. The Morgan fingerprint density at radius 2 is 1.27 bits per heavy atom. The predicted molar refractivity (Wildman–Crippen MR) is 305 cm³/mol. The number of carbonyl (C=O) groups is 2. The quantitative estimate of drug-likeness (QED) is 0.119. The number of nitrogens with zero attached hydrogens (tertiary/aromatic N) is 1. The van der Waals surface area contributed by atoms with E-state index in [1.54, 1.807) is 92.8 Å². The molecule has 0 aromatic carbocycles. The van der Waals surface area contributed by atoms with Crippen LogP contribution in [-0.2, 0) is 33.3 Å². The third-order valence-corrected chi connectivity index (χ3v) is 16.4. The Morgan fingerprint density at radius 3 is 1.92 bits per heavy atom. The van der Waals surface area contributed by atoms with Crippen molar-refractivity contribution in [3.63, 3.8) is 0 Å². The number of likely N-dealkylation sites (tertiary alicyclic amines) is 1. The lowest BCUT2D eigenvalue weighted by Gasteiger charge is -2.47. The average molecular weight is 1200 g/mol. The molecule has 2 bridgehead atoms. The molecule has 0 aromatic rings. The zero-order valence-electron chi connectivity index (χ0n) is 48.8. The van der Waals surface area contributed by atoms with Gasteiger partial charge < -0.3 is 111 Å². The highest BCUT2D eigenvalue weighted by atomic mass is 16.7. The predicted octanol–water partition coefficient (Wildman–Crippen LogP) is -1.34. The number of hydrogen-bond acceptors (Lipinski definition) is 23. The number of fused-ring (bicyclic) bond motifs is 2. The van der Waals surface area contributed by atoms with Crippen molar-refractivity contribution in [2.45, 2.75) is 220 Å². The van der Waals surface area contributed by atoms with Gasteiger partial charge in [-0.2, -0.15) is 0 Å². The summed E-state index contributed by atoms with van der Waals surface area (Å²) in [6, 6.07) is -1.34. The van der Waals surface area contributed by atoms with Crippen LogP contribution in [0.1, 0.15) is 98.3 Å². The lowest BCUT2D eigenvalue weighted by Crippen LogP contribution is -2.69. The van der Waals surface area contributed by atoms with Crippen LogP contribution >= 0.6 is 0 Å². The fourth-order valence-electron chi connectivity index (χ4n) is 11.1. The van der Waals surface area contributed by atoms with Crippen molar-refractivity contribution in [3.05, 3.63) is 85.1 Å². The number of rotatable bonds is 9. The van der Waals surface area contributed by atoms with Gasteiger partial charge in [0.05, 0.1) is 98.7 Å². The number of hydrogen-bond donors (Lipinski definition) is 16. The van der Waals surface area contributed by atoms with Crippen LogP contribution in [0.2, 0.25) is 0 Å². The number of cyclic esters (lactones) is 1. The summed E-state index contributed by atoms with van der Waals surface area (Å²) in [5, 5.41) is 160. The molecule has 5 aliphatic heterocycles. The van der Waals surface area contributed by atoms with E-state index in [1.807, 2.05) is 13.0 Å². The molecule has 5 heterocycles. The Hall–Kier alpha value is -3.68. The van der Waals surface area contributed by atoms with E-state index >= 15 is 0 Å². The van der Waals surface area contributed by atoms with Gasteiger partial charge in [0.1, 0.15) is 30.5 Å². The highest BCUT2D eigenvalue weighted by Gasteiger charge is 2.53. The molecule has 0 aromatic heterocycles. The van der Waals surface area contributed by atoms with E-state index in [1.165, 1.54) is 6.92 Å². The van der Waals surface area contributed by atoms with Crippen molar-refractivity contribution in [1.29, 1.82) is 0 Å². The summed E-state index contributed by atoms with van der Waals surface area (Å²) < 4.78 is 29.5. The van der Waals surface area contributed by atoms with Gasteiger partial charge in [-0.05, 0) is 59.0 Å². The Morgan fingerprint density at radius 1 is 0.655 bits per heavy atom. The molecule has 1 amide bonds. The van der Waals surface area contributed by atoms with Crippen LogP contribution in [0, 0.1) is 17.8 Å². The number of aliphatic hydroxyl groups is 14. The summed E-state index contributed by atoms with van der Waals surface area (Å²) >= 11 is 0. The molecule has 0 aliphatic carbocycles. The van der Waals surface area contributed by atoms with Gasteiger partial charge in [0.25, 0.3) is 0 Å².